The number of halogens is 2. The van der Waals surface area contributed by atoms with Gasteiger partial charge in [0, 0.05) is 23.0 Å². The number of amides is 1. The van der Waals surface area contributed by atoms with E-state index in [0.717, 1.165) is 6.26 Å². The fourth-order valence-corrected chi connectivity index (χ4v) is 9.28. The topological polar surface area (TPSA) is 172 Å². The minimum absolute atomic E-state index is 0.00226. The van der Waals surface area contributed by atoms with Gasteiger partial charge in [-0.2, -0.15) is 0 Å². The molecule has 0 aliphatic rings. The highest BCUT2D eigenvalue weighted by Gasteiger charge is 2.33. The fourth-order valence-electron chi connectivity index (χ4n) is 5.07. The lowest BCUT2D eigenvalue weighted by Gasteiger charge is -2.24. The first-order valence-electron chi connectivity index (χ1n) is 13.1. The maximum atomic E-state index is 14.7. The Morgan fingerprint density at radius 3 is 1.98 bits per heavy atom. The van der Waals surface area contributed by atoms with Crippen LogP contribution in [0.3, 0.4) is 0 Å². The number of aryl methyl sites for hydroxylation is 1. The third-order valence-corrected chi connectivity index (χ3v) is 12.1. The number of hydrogen-bond acceptors (Lipinski definition) is 7. The van der Waals surface area contributed by atoms with E-state index in [-0.39, 0.29) is 62.1 Å². The molecule has 5 N–H and O–H groups in total. The van der Waals surface area contributed by atoms with Gasteiger partial charge in [0.2, 0.25) is 0 Å². The number of carbonyl (C=O) groups excluding carboxylic acids is 1. The average molecular weight is 677 g/mol. The van der Waals surface area contributed by atoms with E-state index in [1.165, 1.54) is 60.7 Å². The molecule has 230 valence electrons. The predicted octanol–water partition coefficient (Wildman–Crippen LogP) is 4.87. The number of carboxylic acids is 1. The van der Waals surface area contributed by atoms with Crippen molar-refractivity contribution in [1.29, 1.82) is 0 Å². The molecule has 0 saturated carbocycles. The van der Waals surface area contributed by atoms with E-state index >= 15 is 0 Å². The Morgan fingerprint density at radius 1 is 0.909 bits per heavy atom. The lowest BCUT2D eigenvalue weighted by Crippen LogP contribution is -2.23. The number of benzene rings is 4. The molecular weight excluding hydrogens is 648 g/mol. The number of primary amides is 1. The molecule has 9 nitrogen and oxygen atoms in total. The molecule has 1 amide bonds. The summed E-state index contributed by atoms with van der Waals surface area (Å²) in [5.74, 6) is -3.94. The first-order chi connectivity index (χ1) is 20.6. The number of carboxylic acid groups (broad SMARTS) is 1. The van der Waals surface area contributed by atoms with E-state index in [0.29, 0.717) is 16.2 Å². The normalized spacial score (nSPS) is 12.5. The molecule has 4 aromatic rings. The molecule has 4 aromatic carbocycles. The van der Waals surface area contributed by atoms with Crippen LogP contribution in [0.25, 0.3) is 0 Å². The predicted molar refractivity (Wildman–Crippen MR) is 170 cm³/mol. The molecule has 0 spiro atoms. The summed E-state index contributed by atoms with van der Waals surface area (Å²) in [6.07, 6.45) is 0.669. The Labute approximate surface area is 264 Å². The molecule has 13 heteroatoms. The molecule has 0 fully saturated rings. The van der Waals surface area contributed by atoms with Crippen LogP contribution in [0.2, 0.25) is 10.0 Å². The smallest absolute Gasteiger partial charge is 0.311 e. The standard InChI is InChI=1S/C31H28Cl2NO8PS/c1-44(41,42)24-10-2-5-18(13-24)14-25(31(38)39)27-19(15-26(32)28(29(27)33)30(34)37)11-12-43(40,22-8-3-6-20(35)16-22)23-9-4-7-21(36)17-23/h2-10,13,15-17,25,35-36H,11-12,14H2,1H3,(H2,34,37)(H,38,39). The molecule has 44 heavy (non-hydrogen) atoms. The van der Waals surface area contributed by atoms with Gasteiger partial charge in [0.15, 0.2) is 9.84 Å². The van der Waals surface area contributed by atoms with Crippen LogP contribution < -0.4 is 16.3 Å². The summed E-state index contributed by atoms with van der Waals surface area (Å²) in [5, 5.41) is 30.9. The maximum absolute atomic E-state index is 14.7. The van der Waals surface area contributed by atoms with Crippen molar-refractivity contribution in [1.82, 2.24) is 0 Å². The van der Waals surface area contributed by atoms with Crippen LogP contribution in [-0.2, 0) is 32.0 Å². The Morgan fingerprint density at radius 2 is 1.48 bits per heavy atom. The third-order valence-electron chi connectivity index (χ3n) is 7.19. The van der Waals surface area contributed by atoms with Crippen LogP contribution in [0.5, 0.6) is 11.5 Å². The molecule has 0 heterocycles. The second-order valence-electron chi connectivity index (χ2n) is 10.3. The fraction of sp³-hybridized carbons (Fsp3) is 0.161. The number of phenols is 2. The van der Waals surface area contributed by atoms with Crippen LogP contribution in [0.4, 0.5) is 0 Å². The number of phenolic OH excluding ortho intramolecular Hbond substituents is 2. The highest BCUT2D eigenvalue weighted by molar-refractivity contribution is 7.90. The van der Waals surface area contributed by atoms with Crippen molar-refractivity contribution in [3.63, 3.8) is 0 Å². The summed E-state index contributed by atoms with van der Waals surface area (Å²) in [6.45, 7) is 0. The van der Waals surface area contributed by atoms with Crippen molar-refractivity contribution in [3.05, 3.63) is 111 Å². The number of hydrogen-bond donors (Lipinski definition) is 4. The van der Waals surface area contributed by atoms with Crippen LogP contribution in [0.1, 0.15) is 33.0 Å². The van der Waals surface area contributed by atoms with Crippen LogP contribution in [-0.4, -0.2) is 48.0 Å². The lowest BCUT2D eigenvalue weighted by molar-refractivity contribution is -0.138. The van der Waals surface area contributed by atoms with Crippen molar-refractivity contribution in [2.24, 2.45) is 5.73 Å². The number of nitrogens with two attached hydrogens (primary N) is 1. The van der Waals surface area contributed by atoms with E-state index in [4.69, 9.17) is 28.9 Å². The van der Waals surface area contributed by atoms with Gasteiger partial charge in [-0.25, -0.2) is 8.42 Å². The second kappa shape index (κ2) is 13.0. The van der Waals surface area contributed by atoms with Crippen molar-refractivity contribution in [3.8, 4) is 11.5 Å². The number of rotatable bonds is 11. The first kappa shape index (κ1) is 33.1. The minimum atomic E-state index is -3.59. The third kappa shape index (κ3) is 7.11. The van der Waals surface area contributed by atoms with Crippen molar-refractivity contribution in [2.45, 2.75) is 23.7 Å². The molecule has 1 atom stereocenters. The van der Waals surface area contributed by atoms with Gasteiger partial charge >= 0.3 is 5.97 Å². The van der Waals surface area contributed by atoms with Crippen LogP contribution in [0.15, 0.2) is 83.8 Å². The zero-order chi connectivity index (χ0) is 32.4. The molecule has 0 bridgehead atoms. The molecular formula is C31H28Cl2NO8PS. The molecule has 0 saturated heterocycles. The first-order valence-corrected chi connectivity index (χ1v) is 17.7. The molecule has 0 aliphatic carbocycles. The van der Waals surface area contributed by atoms with E-state index in [1.54, 1.807) is 18.2 Å². The quantitative estimate of drug-likeness (QED) is 0.163. The molecule has 4 rings (SSSR count). The SMILES string of the molecule is CS(=O)(=O)c1cccc(CC(C(=O)O)c2c(CCP(=O)(c3cccc(O)c3)c3cccc(O)c3)cc(Cl)c(C(N)=O)c2Cl)c1. The highest BCUT2D eigenvalue weighted by atomic mass is 35.5. The van der Waals surface area contributed by atoms with E-state index in [2.05, 4.69) is 0 Å². The Balaban J connectivity index is 1.87. The summed E-state index contributed by atoms with van der Waals surface area (Å²) >= 11 is 13.1. The van der Waals surface area contributed by atoms with E-state index in [9.17, 15) is 37.9 Å². The van der Waals surface area contributed by atoms with E-state index in [1.807, 2.05) is 0 Å². The van der Waals surface area contributed by atoms with Gasteiger partial charge in [-0.3, -0.25) is 9.59 Å². The molecule has 0 aromatic heterocycles. The second-order valence-corrected chi connectivity index (χ2v) is 16.0. The Hall–Kier alpha value is -3.82. The zero-order valence-corrected chi connectivity index (χ0v) is 26.5. The monoisotopic (exact) mass is 675 g/mol. The number of aromatic hydroxyl groups is 2. The van der Waals surface area contributed by atoms with E-state index < -0.39 is 34.8 Å². The number of sulfone groups is 1. The van der Waals surface area contributed by atoms with Gasteiger partial charge in [0.1, 0.15) is 18.6 Å². The maximum Gasteiger partial charge on any atom is 0.311 e. The summed E-state index contributed by atoms with van der Waals surface area (Å²) in [4.78, 5) is 25.0. The lowest BCUT2D eigenvalue weighted by atomic mass is 9.86. The van der Waals surface area contributed by atoms with Gasteiger partial charge in [0.05, 0.1) is 26.4 Å². The van der Waals surface area contributed by atoms with Crippen LogP contribution in [0, 0.1) is 0 Å². The summed E-state index contributed by atoms with van der Waals surface area (Å²) in [5.41, 5.74) is 5.92. The van der Waals surface area contributed by atoms with Gasteiger partial charge in [0.25, 0.3) is 5.91 Å². The van der Waals surface area contributed by atoms with Gasteiger partial charge in [-0.05, 0) is 72.0 Å². The summed E-state index contributed by atoms with van der Waals surface area (Å²) in [7, 11) is -7.17. The number of carbonyl (C=O) groups is 2. The van der Waals surface area contributed by atoms with Crippen LogP contribution >= 0.6 is 30.3 Å². The molecule has 1 unspecified atom stereocenters. The highest BCUT2D eigenvalue weighted by Crippen LogP contribution is 2.46. The van der Waals surface area contributed by atoms with Crippen molar-refractivity contribution < 1.29 is 37.9 Å². The Kier molecular flexibility index (Phi) is 9.80. The van der Waals surface area contributed by atoms with Crippen molar-refractivity contribution in [2.75, 3.05) is 12.4 Å². The molecule has 0 radical (unpaired) electrons. The minimum Gasteiger partial charge on any atom is -0.508 e. The van der Waals surface area contributed by atoms with Gasteiger partial charge in [-0.15, -0.1) is 0 Å². The Bertz CT molecular complexity index is 1880. The molecule has 0 aliphatic heterocycles. The average Bonchev–Trinajstić information content (AvgIpc) is 2.94. The van der Waals surface area contributed by atoms with Gasteiger partial charge < -0.3 is 25.6 Å². The summed E-state index contributed by atoms with van der Waals surface area (Å²) < 4.78 is 39.0. The zero-order valence-electron chi connectivity index (χ0n) is 23.3. The number of aliphatic carboxylic acids is 1. The van der Waals surface area contributed by atoms with Gasteiger partial charge in [-0.1, -0.05) is 59.6 Å². The summed E-state index contributed by atoms with van der Waals surface area (Å²) in [6, 6.07) is 19.0. The largest absolute Gasteiger partial charge is 0.508 e. The van der Waals surface area contributed by atoms with Crippen molar-refractivity contribution >= 4 is 62.7 Å².